The molecule has 0 fully saturated rings. The number of benzene rings is 1. The largest absolute Gasteiger partial charge is 0.479 e. The molecule has 1 aromatic heterocycles. The molecule has 0 aliphatic rings. The Morgan fingerprint density at radius 1 is 1.28 bits per heavy atom. The lowest BCUT2D eigenvalue weighted by Gasteiger charge is -2.14. The zero-order valence-corrected chi connectivity index (χ0v) is 14.6. The number of carbonyl (C=O) groups is 2. The number of fused-ring (bicyclic) bond motifs is 1. The highest BCUT2D eigenvalue weighted by Crippen LogP contribution is 2.25. The van der Waals surface area contributed by atoms with Gasteiger partial charge in [-0.2, -0.15) is 0 Å². The van der Waals surface area contributed by atoms with Crippen LogP contribution < -0.4 is 10.4 Å². The zero-order valence-electron chi connectivity index (χ0n) is 14.6. The van der Waals surface area contributed by atoms with Crippen LogP contribution in [0.25, 0.3) is 11.0 Å². The number of methoxy groups -OCH3 is 1. The minimum Gasteiger partial charge on any atom is -0.479 e. The fraction of sp³-hybridized carbons (Fsp3) is 0.389. The Balaban J connectivity index is 2.35. The van der Waals surface area contributed by atoms with Gasteiger partial charge in [0.2, 0.25) is 0 Å². The van der Waals surface area contributed by atoms with Crippen LogP contribution in [-0.2, 0) is 25.5 Å². The van der Waals surface area contributed by atoms with Crippen molar-refractivity contribution in [2.75, 3.05) is 13.7 Å². The summed E-state index contributed by atoms with van der Waals surface area (Å²) in [6.07, 6.45) is -0.942. The van der Waals surface area contributed by atoms with E-state index in [4.69, 9.17) is 13.9 Å². The molecule has 0 radical (unpaired) electrons. The van der Waals surface area contributed by atoms with E-state index in [9.17, 15) is 14.4 Å². The molecule has 0 unspecified atom stereocenters. The van der Waals surface area contributed by atoms with Crippen molar-refractivity contribution in [1.82, 2.24) is 0 Å². The predicted molar refractivity (Wildman–Crippen MR) is 89.7 cm³/mol. The smallest absolute Gasteiger partial charge is 0.347 e. The highest BCUT2D eigenvalue weighted by molar-refractivity contribution is 5.84. The quantitative estimate of drug-likeness (QED) is 0.583. The monoisotopic (exact) mass is 348 g/mol. The summed E-state index contributed by atoms with van der Waals surface area (Å²) in [5.74, 6) is -0.622. The molecule has 0 spiro atoms. The molecule has 0 amide bonds. The molecule has 0 N–H and O–H groups in total. The second-order valence-electron chi connectivity index (χ2n) is 5.42. The van der Waals surface area contributed by atoms with Gasteiger partial charge in [-0.05, 0) is 38.5 Å². The Hall–Kier alpha value is -2.83. The molecule has 1 aromatic carbocycles. The van der Waals surface area contributed by atoms with Gasteiger partial charge in [-0.15, -0.1) is 0 Å². The van der Waals surface area contributed by atoms with Crippen molar-refractivity contribution in [2.45, 2.75) is 33.3 Å². The standard InChI is InChI=1S/C18H20O7/c1-5-23-17(20)11(3)24-12-6-7-13-10(2)14(9-16(19)22-4)18(21)25-15(13)8-12/h6-8,11H,5,9H2,1-4H3/t11-/m0/s1. The number of aryl methyl sites for hydroxylation is 1. The molecule has 25 heavy (non-hydrogen) atoms. The molecule has 2 aromatic rings. The first-order valence-corrected chi connectivity index (χ1v) is 7.83. The number of carbonyl (C=O) groups excluding carboxylic acids is 2. The normalized spacial score (nSPS) is 11.8. The molecular formula is C18H20O7. The van der Waals surface area contributed by atoms with Gasteiger partial charge in [-0.25, -0.2) is 9.59 Å². The highest BCUT2D eigenvalue weighted by Gasteiger charge is 2.18. The number of rotatable bonds is 6. The van der Waals surface area contributed by atoms with Crippen molar-refractivity contribution >= 4 is 22.9 Å². The van der Waals surface area contributed by atoms with Crippen LogP contribution in [0.15, 0.2) is 27.4 Å². The van der Waals surface area contributed by atoms with Gasteiger partial charge in [-0.1, -0.05) is 0 Å². The zero-order chi connectivity index (χ0) is 18.6. The maximum absolute atomic E-state index is 12.1. The minimum atomic E-state index is -0.788. The maximum Gasteiger partial charge on any atom is 0.347 e. The second-order valence-corrected chi connectivity index (χ2v) is 5.42. The summed E-state index contributed by atoms with van der Waals surface area (Å²) in [6, 6.07) is 4.90. The van der Waals surface area contributed by atoms with Gasteiger partial charge in [0, 0.05) is 11.5 Å². The lowest BCUT2D eigenvalue weighted by molar-refractivity contribution is -0.150. The van der Waals surface area contributed by atoms with Crippen molar-refractivity contribution < 1.29 is 28.2 Å². The number of hydrogen-bond acceptors (Lipinski definition) is 7. The van der Waals surface area contributed by atoms with E-state index in [2.05, 4.69) is 4.74 Å². The van der Waals surface area contributed by atoms with E-state index in [0.29, 0.717) is 22.3 Å². The van der Waals surface area contributed by atoms with E-state index in [-0.39, 0.29) is 18.6 Å². The van der Waals surface area contributed by atoms with E-state index in [1.165, 1.54) is 13.2 Å². The lowest BCUT2D eigenvalue weighted by atomic mass is 10.0. The van der Waals surface area contributed by atoms with E-state index in [1.807, 2.05) is 0 Å². The van der Waals surface area contributed by atoms with E-state index in [0.717, 1.165) is 0 Å². The average Bonchev–Trinajstić information content (AvgIpc) is 2.58. The summed E-state index contributed by atoms with van der Waals surface area (Å²) in [5, 5.41) is 0.676. The van der Waals surface area contributed by atoms with Crippen LogP contribution in [0.5, 0.6) is 5.75 Å². The van der Waals surface area contributed by atoms with Crippen molar-refractivity contribution in [3.05, 3.63) is 39.7 Å². The van der Waals surface area contributed by atoms with Gasteiger partial charge in [0.05, 0.1) is 25.7 Å². The predicted octanol–water partition coefficient (Wildman–Crippen LogP) is 2.15. The molecule has 0 saturated heterocycles. The lowest BCUT2D eigenvalue weighted by Crippen LogP contribution is -2.26. The topological polar surface area (TPSA) is 92.0 Å². The molecule has 7 heteroatoms. The summed E-state index contributed by atoms with van der Waals surface area (Å²) >= 11 is 0. The van der Waals surface area contributed by atoms with Crippen molar-refractivity contribution in [1.29, 1.82) is 0 Å². The second kappa shape index (κ2) is 7.83. The molecule has 134 valence electrons. The first-order chi connectivity index (χ1) is 11.9. The molecule has 1 atom stereocenters. The minimum absolute atomic E-state index is 0.154. The summed E-state index contributed by atoms with van der Waals surface area (Å²) in [6.45, 7) is 5.29. The fourth-order valence-electron chi connectivity index (χ4n) is 2.38. The van der Waals surface area contributed by atoms with Gasteiger partial charge < -0.3 is 18.6 Å². The third-order valence-electron chi connectivity index (χ3n) is 3.74. The van der Waals surface area contributed by atoms with Gasteiger partial charge in [0.1, 0.15) is 11.3 Å². The van der Waals surface area contributed by atoms with Crippen LogP contribution in [0.4, 0.5) is 0 Å². The molecular weight excluding hydrogens is 328 g/mol. The van der Waals surface area contributed by atoms with E-state index >= 15 is 0 Å². The van der Waals surface area contributed by atoms with Gasteiger partial charge >= 0.3 is 17.6 Å². The van der Waals surface area contributed by atoms with E-state index in [1.54, 1.807) is 32.9 Å². The number of esters is 2. The summed E-state index contributed by atoms with van der Waals surface area (Å²) in [7, 11) is 1.26. The Labute approximate surface area is 144 Å². The SMILES string of the molecule is CCOC(=O)[C@H](C)Oc1ccc2c(C)c(CC(=O)OC)c(=O)oc2c1. The highest BCUT2D eigenvalue weighted by atomic mass is 16.6. The summed E-state index contributed by atoms with van der Waals surface area (Å²) < 4.78 is 20.3. The number of ether oxygens (including phenoxy) is 3. The van der Waals surface area contributed by atoms with Gasteiger partial charge in [0.25, 0.3) is 0 Å². The molecule has 0 saturated carbocycles. The Morgan fingerprint density at radius 2 is 2.00 bits per heavy atom. The van der Waals surface area contributed by atoms with Crippen molar-refractivity contribution in [3.63, 3.8) is 0 Å². The molecule has 7 nitrogen and oxygen atoms in total. The average molecular weight is 348 g/mol. The van der Waals surface area contributed by atoms with Crippen molar-refractivity contribution in [2.24, 2.45) is 0 Å². The molecule has 0 aliphatic heterocycles. The van der Waals surface area contributed by atoms with Gasteiger partial charge in [0.15, 0.2) is 6.10 Å². The van der Waals surface area contributed by atoms with Crippen LogP contribution in [0.2, 0.25) is 0 Å². The molecule has 1 heterocycles. The maximum atomic E-state index is 12.1. The van der Waals surface area contributed by atoms with Crippen LogP contribution >= 0.6 is 0 Å². The Kier molecular flexibility index (Phi) is 5.80. The molecule has 0 bridgehead atoms. The van der Waals surface area contributed by atoms with Crippen LogP contribution in [0.3, 0.4) is 0 Å². The van der Waals surface area contributed by atoms with E-state index < -0.39 is 23.7 Å². The van der Waals surface area contributed by atoms with Crippen molar-refractivity contribution in [3.8, 4) is 5.75 Å². The summed E-state index contributed by atoms with van der Waals surface area (Å²) in [4.78, 5) is 35.2. The molecule has 2 rings (SSSR count). The number of hydrogen-bond donors (Lipinski definition) is 0. The Morgan fingerprint density at radius 3 is 2.64 bits per heavy atom. The van der Waals surface area contributed by atoms with Crippen LogP contribution in [0.1, 0.15) is 25.0 Å². The van der Waals surface area contributed by atoms with Crippen LogP contribution in [-0.4, -0.2) is 31.8 Å². The fourth-order valence-corrected chi connectivity index (χ4v) is 2.38. The summed E-state index contributed by atoms with van der Waals surface area (Å²) in [5.41, 5.74) is 0.602. The molecule has 0 aliphatic carbocycles. The first kappa shape index (κ1) is 18.5. The van der Waals surface area contributed by atoms with Gasteiger partial charge in [-0.3, -0.25) is 4.79 Å². The first-order valence-electron chi connectivity index (χ1n) is 7.83. The third-order valence-corrected chi connectivity index (χ3v) is 3.74. The van der Waals surface area contributed by atoms with Crippen LogP contribution in [0, 0.1) is 6.92 Å². The third kappa shape index (κ3) is 4.17. The Bertz CT molecular complexity index is 850.